The minimum atomic E-state index is -0.538. The molecule has 3 aliphatic rings. The molecular formula is C18H21N3O3. The van der Waals surface area contributed by atoms with Gasteiger partial charge in [-0.25, -0.2) is 0 Å². The Morgan fingerprint density at radius 1 is 1.17 bits per heavy atom. The topological polar surface area (TPSA) is 69.7 Å². The van der Waals surface area contributed by atoms with Crippen molar-refractivity contribution in [2.45, 2.75) is 37.8 Å². The summed E-state index contributed by atoms with van der Waals surface area (Å²) in [5.74, 6) is -0.233. The number of carbonyl (C=O) groups excluding carboxylic acids is 3. The van der Waals surface area contributed by atoms with E-state index in [1.54, 1.807) is 4.90 Å². The van der Waals surface area contributed by atoms with Crippen molar-refractivity contribution in [2.75, 3.05) is 20.1 Å². The van der Waals surface area contributed by atoms with E-state index in [9.17, 15) is 14.4 Å². The van der Waals surface area contributed by atoms with E-state index >= 15 is 0 Å². The van der Waals surface area contributed by atoms with Gasteiger partial charge < -0.3 is 9.80 Å². The van der Waals surface area contributed by atoms with Gasteiger partial charge in [0, 0.05) is 25.1 Å². The Bertz CT molecular complexity index is 730. The van der Waals surface area contributed by atoms with E-state index in [-0.39, 0.29) is 24.1 Å². The summed E-state index contributed by atoms with van der Waals surface area (Å²) >= 11 is 0. The van der Waals surface area contributed by atoms with Crippen molar-refractivity contribution in [1.29, 1.82) is 0 Å². The molecule has 2 atom stereocenters. The SMILES string of the molecule is CN1CCC(c2ccc3c(c2)C(=O)N(C2CCC(=O)NC2=O)C3)C1. The Morgan fingerprint density at radius 3 is 2.71 bits per heavy atom. The maximum Gasteiger partial charge on any atom is 0.255 e. The van der Waals surface area contributed by atoms with Gasteiger partial charge in [0.25, 0.3) is 5.91 Å². The van der Waals surface area contributed by atoms with Crippen molar-refractivity contribution in [3.05, 3.63) is 34.9 Å². The molecule has 1 N–H and O–H groups in total. The summed E-state index contributed by atoms with van der Waals surface area (Å²) < 4.78 is 0. The normalized spacial score (nSPS) is 27.5. The molecule has 2 unspecified atom stereocenters. The second-order valence-corrected chi connectivity index (χ2v) is 7.06. The number of hydrogen-bond acceptors (Lipinski definition) is 4. The first kappa shape index (κ1) is 15.3. The van der Waals surface area contributed by atoms with Crippen LogP contribution in [0.2, 0.25) is 0 Å². The van der Waals surface area contributed by atoms with Gasteiger partial charge in [0.2, 0.25) is 11.8 Å². The number of piperidine rings is 1. The first-order chi connectivity index (χ1) is 11.5. The lowest BCUT2D eigenvalue weighted by atomic mass is 9.95. The maximum absolute atomic E-state index is 12.8. The van der Waals surface area contributed by atoms with E-state index in [4.69, 9.17) is 0 Å². The van der Waals surface area contributed by atoms with Gasteiger partial charge in [0.15, 0.2) is 0 Å². The molecule has 6 heteroatoms. The molecule has 1 aromatic carbocycles. The molecule has 6 nitrogen and oxygen atoms in total. The Morgan fingerprint density at radius 2 is 2.00 bits per heavy atom. The summed E-state index contributed by atoms with van der Waals surface area (Å²) in [6.07, 6.45) is 1.81. The van der Waals surface area contributed by atoms with Gasteiger partial charge in [-0.2, -0.15) is 0 Å². The Labute approximate surface area is 140 Å². The Kier molecular flexibility index (Phi) is 3.64. The van der Waals surface area contributed by atoms with Gasteiger partial charge in [-0.15, -0.1) is 0 Å². The Hall–Kier alpha value is -2.21. The fourth-order valence-corrected chi connectivity index (χ4v) is 4.03. The first-order valence-electron chi connectivity index (χ1n) is 8.49. The molecular weight excluding hydrogens is 306 g/mol. The number of carbonyl (C=O) groups is 3. The van der Waals surface area contributed by atoms with Gasteiger partial charge in [0.1, 0.15) is 6.04 Å². The molecule has 1 aromatic rings. The standard InChI is InChI=1S/C18H21N3O3/c1-20-7-6-12(9-20)11-2-3-13-10-21(18(24)14(13)8-11)15-4-5-16(22)19-17(15)23/h2-3,8,12,15H,4-7,9-10H2,1H3,(H,19,22,23). The summed E-state index contributed by atoms with van der Waals surface area (Å²) in [7, 11) is 2.11. The summed E-state index contributed by atoms with van der Waals surface area (Å²) in [5, 5.41) is 2.34. The molecule has 2 fully saturated rings. The lowest BCUT2D eigenvalue weighted by Gasteiger charge is -2.29. The fraction of sp³-hybridized carbons (Fsp3) is 0.500. The van der Waals surface area contributed by atoms with Crippen molar-refractivity contribution < 1.29 is 14.4 Å². The smallest absolute Gasteiger partial charge is 0.255 e. The molecule has 0 spiro atoms. The summed E-state index contributed by atoms with van der Waals surface area (Å²) in [4.78, 5) is 40.1. The highest BCUT2D eigenvalue weighted by Gasteiger charge is 2.39. The highest BCUT2D eigenvalue weighted by atomic mass is 16.2. The van der Waals surface area contributed by atoms with E-state index < -0.39 is 6.04 Å². The molecule has 3 aliphatic heterocycles. The second kappa shape index (κ2) is 5.70. The van der Waals surface area contributed by atoms with Crippen LogP contribution in [0, 0.1) is 0 Å². The van der Waals surface area contributed by atoms with Crippen molar-refractivity contribution in [2.24, 2.45) is 0 Å². The highest BCUT2D eigenvalue weighted by Crippen LogP contribution is 2.32. The monoisotopic (exact) mass is 327 g/mol. The number of hydrogen-bond donors (Lipinski definition) is 1. The zero-order valence-electron chi connectivity index (χ0n) is 13.7. The number of likely N-dealkylation sites (tertiary alicyclic amines) is 1. The predicted molar refractivity (Wildman–Crippen MR) is 87.3 cm³/mol. The largest absolute Gasteiger partial charge is 0.322 e. The van der Waals surface area contributed by atoms with Crippen LogP contribution in [0.1, 0.15) is 46.7 Å². The number of amides is 3. The number of likely N-dealkylation sites (N-methyl/N-ethyl adjacent to an activating group) is 1. The third kappa shape index (κ3) is 2.51. The third-order valence-electron chi connectivity index (χ3n) is 5.41. The number of imide groups is 1. The zero-order valence-corrected chi connectivity index (χ0v) is 13.7. The van der Waals surface area contributed by atoms with Gasteiger partial charge >= 0.3 is 0 Å². The number of nitrogens with one attached hydrogen (secondary N) is 1. The molecule has 0 aliphatic carbocycles. The van der Waals surface area contributed by atoms with E-state index in [0.29, 0.717) is 24.4 Å². The van der Waals surface area contributed by atoms with Crippen LogP contribution in [0.4, 0.5) is 0 Å². The first-order valence-corrected chi connectivity index (χ1v) is 8.49. The lowest BCUT2D eigenvalue weighted by molar-refractivity contribution is -0.136. The summed E-state index contributed by atoms with van der Waals surface area (Å²) in [5.41, 5.74) is 2.89. The molecule has 24 heavy (non-hydrogen) atoms. The van der Waals surface area contributed by atoms with Crippen molar-refractivity contribution in [1.82, 2.24) is 15.1 Å². The van der Waals surface area contributed by atoms with Crippen LogP contribution < -0.4 is 5.32 Å². The third-order valence-corrected chi connectivity index (χ3v) is 5.41. The highest BCUT2D eigenvalue weighted by molar-refractivity contribution is 6.05. The number of nitrogens with zero attached hydrogens (tertiary/aromatic N) is 2. The average Bonchev–Trinajstić information content (AvgIpc) is 3.12. The predicted octanol–water partition coefficient (Wildman–Crippen LogP) is 0.867. The number of rotatable bonds is 2. The van der Waals surface area contributed by atoms with Crippen molar-refractivity contribution >= 4 is 17.7 Å². The summed E-state index contributed by atoms with van der Waals surface area (Å²) in [6.45, 7) is 2.55. The molecule has 3 heterocycles. The van der Waals surface area contributed by atoms with Crippen LogP contribution >= 0.6 is 0 Å². The minimum absolute atomic E-state index is 0.0901. The molecule has 0 aromatic heterocycles. The molecule has 0 bridgehead atoms. The van der Waals surface area contributed by atoms with Crippen LogP contribution in [0.25, 0.3) is 0 Å². The molecule has 0 radical (unpaired) electrons. The zero-order chi connectivity index (χ0) is 16.8. The summed E-state index contributed by atoms with van der Waals surface area (Å²) in [6, 6.07) is 5.60. The quantitative estimate of drug-likeness (QED) is 0.818. The van der Waals surface area contributed by atoms with Gasteiger partial charge in [0.05, 0.1) is 0 Å². The Balaban J connectivity index is 1.56. The average molecular weight is 327 g/mol. The number of fused-ring (bicyclic) bond motifs is 1. The van der Waals surface area contributed by atoms with Crippen molar-refractivity contribution in [3.63, 3.8) is 0 Å². The van der Waals surface area contributed by atoms with Crippen LogP contribution in [0.15, 0.2) is 18.2 Å². The van der Waals surface area contributed by atoms with Crippen LogP contribution in [-0.4, -0.2) is 53.7 Å². The van der Waals surface area contributed by atoms with E-state index in [0.717, 1.165) is 25.1 Å². The van der Waals surface area contributed by atoms with Crippen LogP contribution in [0.5, 0.6) is 0 Å². The number of benzene rings is 1. The van der Waals surface area contributed by atoms with Gasteiger partial charge in [-0.05, 0) is 49.5 Å². The van der Waals surface area contributed by atoms with E-state index in [2.05, 4.69) is 23.3 Å². The molecule has 0 saturated carbocycles. The molecule has 4 rings (SSSR count). The van der Waals surface area contributed by atoms with E-state index in [1.807, 2.05) is 12.1 Å². The lowest BCUT2D eigenvalue weighted by Crippen LogP contribution is -2.52. The van der Waals surface area contributed by atoms with Gasteiger partial charge in [-0.1, -0.05) is 12.1 Å². The molecule has 2 saturated heterocycles. The fourth-order valence-electron chi connectivity index (χ4n) is 4.03. The maximum atomic E-state index is 12.8. The van der Waals surface area contributed by atoms with Crippen LogP contribution in [0.3, 0.4) is 0 Å². The van der Waals surface area contributed by atoms with Crippen LogP contribution in [-0.2, 0) is 16.1 Å². The minimum Gasteiger partial charge on any atom is -0.322 e. The van der Waals surface area contributed by atoms with Crippen molar-refractivity contribution in [3.8, 4) is 0 Å². The molecule has 126 valence electrons. The van der Waals surface area contributed by atoms with Gasteiger partial charge in [-0.3, -0.25) is 19.7 Å². The second-order valence-electron chi connectivity index (χ2n) is 7.06. The molecule has 3 amide bonds. The van der Waals surface area contributed by atoms with E-state index in [1.165, 1.54) is 5.56 Å².